The molecule has 1 fully saturated rings. The number of hydrogen-bond donors (Lipinski definition) is 1. The normalized spacial score (nSPS) is 15.1. The van der Waals surface area contributed by atoms with Crippen molar-refractivity contribution in [3.63, 3.8) is 0 Å². The zero-order valence-corrected chi connectivity index (χ0v) is 20.3. The Kier molecular flexibility index (Phi) is 11.2. The Morgan fingerprint density at radius 1 is 1.20 bits per heavy atom. The first-order valence-electron chi connectivity index (χ1n) is 10.5. The summed E-state index contributed by atoms with van der Waals surface area (Å²) in [6, 6.07) is 10.2. The Balaban J connectivity index is 0.00000320. The molecule has 7 nitrogen and oxygen atoms in total. The molecule has 1 aromatic carbocycles. The molecule has 1 aromatic heterocycles. The number of nitrogens with one attached hydrogen (secondary N) is 1. The lowest BCUT2D eigenvalue weighted by atomic mass is 10.1. The molecule has 0 bridgehead atoms. The van der Waals surface area contributed by atoms with Crippen molar-refractivity contribution in [2.24, 2.45) is 4.99 Å². The lowest BCUT2D eigenvalue weighted by Crippen LogP contribution is -2.47. The van der Waals surface area contributed by atoms with Crippen LogP contribution in [-0.4, -0.2) is 66.7 Å². The van der Waals surface area contributed by atoms with E-state index < -0.39 is 0 Å². The van der Waals surface area contributed by atoms with Crippen LogP contribution in [0.1, 0.15) is 31.7 Å². The van der Waals surface area contributed by atoms with Gasteiger partial charge in [-0.25, -0.2) is 9.67 Å². The summed E-state index contributed by atoms with van der Waals surface area (Å²) in [4.78, 5) is 7.26. The molecule has 2 heterocycles. The molecular formula is C22H34IN5O2. The van der Waals surface area contributed by atoms with Gasteiger partial charge < -0.3 is 19.7 Å². The number of nitrogens with zero attached hydrogens (tertiary/aromatic N) is 4. The maximum atomic E-state index is 5.98. The number of hydrogen-bond acceptors (Lipinski definition) is 4. The van der Waals surface area contributed by atoms with Crippen molar-refractivity contribution in [2.45, 2.75) is 38.8 Å². The third-order valence-corrected chi connectivity index (χ3v) is 5.06. The van der Waals surface area contributed by atoms with Gasteiger partial charge in [-0.2, -0.15) is 5.10 Å². The molecule has 1 saturated heterocycles. The van der Waals surface area contributed by atoms with E-state index in [1.165, 1.54) is 0 Å². The summed E-state index contributed by atoms with van der Waals surface area (Å²) in [5.74, 6) is 0.973. The maximum Gasteiger partial charge on any atom is 0.194 e. The Bertz CT molecular complexity index is 746. The second-order valence-corrected chi connectivity index (χ2v) is 7.15. The molecule has 166 valence electrons. The average Bonchev–Trinajstić information content (AvgIpc) is 3.30. The number of rotatable bonds is 9. The van der Waals surface area contributed by atoms with Gasteiger partial charge in [0.2, 0.25) is 0 Å². The quantitative estimate of drug-likeness (QED) is 0.234. The van der Waals surface area contributed by atoms with Crippen LogP contribution in [-0.2, 0) is 16.0 Å². The van der Waals surface area contributed by atoms with Gasteiger partial charge in [0.25, 0.3) is 0 Å². The van der Waals surface area contributed by atoms with Gasteiger partial charge in [0, 0.05) is 52.4 Å². The summed E-state index contributed by atoms with van der Waals surface area (Å²) in [6.45, 7) is 7.04. The number of halogens is 1. The highest BCUT2D eigenvalue weighted by Gasteiger charge is 2.22. The van der Waals surface area contributed by atoms with Gasteiger partial charge in [-0.05, 0) is 43.9 Å². The Hall–Kier alpha value is -1.65. The number of likely N-dealkylation sites (tertiary alicyclic amines) is 1. The summed E-state index contributed by atoms with van der Waals surface area (Å²) in [7, 11) is 1.73. The SMILES string of the molecule is CCNC(=NCc1ccccc1-n1cccn1)N1CCC(OCCCOC)CC1.I. The van der Waals surface area contributed by atoms with E-state index in [0.29, 0.717) is 12.6 Å². The number of para-hydroxylation sites is 1. The lowest BCUT2D eigenvalue weighted by Gasteiger charge is -2.34. The predicted octanol–water partition coefficient (Wildman–Crippen LogP) is 3.47. The summed E-state index contributed by atoms with van der Waals surface area (Å²) < 4.78 is 13.0. The highest BCUT2D eigenvalue weighted by atomic mass is 127. The zero-order chi connectivity index (χ0) is 20.3. The van der Waals surface area contributed by atoms with Crippen LogP contribution >= 0.6 is 24.0 Å². The van der Waals surface area contributed by atoms with Crippen LogP contribution in [0, 0.1) is 0 Å². The molecule has 1 aliphatic heterocycles. The van der Waals surface area contributed by atoms with E-state index in [9.17, 15) is 0 Å². The zero-order valence-electron chi connectivity index (χ0n) is 18.0. The molecule has 0 spiro atoms. The van der Waals surface area contributed by atoms with Gasteiger partial charge in [0.05, 0.1) is 18.3 Å². The number of benzene rings is 1. The molecule has 0 saturated carbocycles. The minimum absolute atomic E-state index is 0. The van der Waals surface area contributed by atoms with Crippen molar-refractivity contribution >= 4 is 29.9 Å². The molecule has 0 atom stereocenters. The highest BCUT2D eigenvalue weighted by molar-refractivity contribution is 14.0. The second-order valence-electron chi connectivity index (χ2n) is 7.15. The molecular weight excluding hydrogens is 493 g/mol. The van der Waals surface area contributed by atoms with Crippen molar-refractivity contribution in [3.05, 3.63) is 48.3 Å². The molecule has 0 unspecified atom stereocenters. The van der Waals surface area contributed by atoms with E-state index in [0.717, 1.165) is 69.3 Å². The van der Waals surface area contributed by atoms with Gasteiger partial charge in [-0.3, -0.25) is 0 Å². The fraction of sp³-hybridized carbons (Fsp3) is 0.545. The number of methoxy groups -OCH3 is 1. The fourth-order valence-corrected chi connectivity index (χ4v) is 3.55. The summed E-state index contributed by atoms with van der Waals surface area (Å²) in [6.07, 6.45) is 7.11. The Morgan fingerprint density at radius 3 is 2.70 bits per heavy atom. The monoisotopic (exact) mass is 527 g/mol. The van der Waals surface area contributed by atoms with E-state index >= 15 is 0 Å². The van der Waals surface area contributed by atoms with E-state index in [-0.39, 0.29) is 24.0 Å². The van der Waals surface area contributed by atoms with Crippen LogP contribution in [0.2, 0.25) is 0 Å². The number of ether oxygens (including phenoxy) is 2. The van der Waals surface area contributed by atoms with E-state index in [1.807, 2.05) is 23.0 Å². The molecule has 3 rings (SSSR count). The van der Waals surface area contributed by atoms with E-state index in [4.69, 9.17) is 14.5 Å². The molecule has 0 radical (unpaired) electrons. The first-order valence-corrected chi connectivity index (χ1v) is 10.5. The van der Waals surface area contributed by atoms with Gasteiger partial charge in [-0.15, -0.1) is 24.0 Å². The topological polar surface area (TPSA) is 63.9 Å². The maximum absolute atomic E-state index is 5.98. The van der Waals surface area contributed by atoms with Crippen LogP contribution in [0.15, 0.2) is 47.7 Å². The number of guanidine groups is 1. The molecule has 2 aromatic rings. The van der Waals surface area contributed by atoms with Crippen LogP contribution in [0.4, 0.5) is 0 Å². The van der Waals surface area contributed by atoms with Gasteiger partial charge in [0.15, 0.2) is 5.96 Å². The lowest BCUT2D eigenvalue weighted by molar-refractivity contribution is 0.00990. The van der Waals surface area contributed by atoms with Crippen molar-refractivity contribution in [2.75, 3.05) is 40.0 Å². The van der Waals surface area contributed by atoms with E-state index in [1.54, 1.807) is 13.3 Å². The van der Waals surface area contributed by atoms with Gasteiger partial charge >= 0.3 is 0 Å². The third-order valence-electron chi connectivity index (χ3n) is 5.06. The molecule has 30 heavy (non-hydrogen) atoms. The summed E-state index contributed by atoms with van der Waals surface area (Å²) >= 11 is 0. The van der Waals surface area contributed by atoms with Gasteiger partial charge in [-0.1, -0.05) is 18.2 Å². The third kappa shape index (κ3) is 7.24. The Morgan fingerprint density at radius 2 is 2.00 bits per heavy atom. The first-order chi connectivity index (χ1) is 14.3. The van der Waals surface area contributed by atoms with Crippen molar-refractivity contribution in [1.29, 1.82) is 0 Å². The molecule has 0 aliphatic carbocycles. The summed E-state index contributed by atoms with van der Waals surface area (Å²) in [5.41, 5.74) is 2.23. The second kappa shape index (κ2) is 13.6. The van der Waals surface area contributed by atoms with Crippen molar-refractivity contribution < 1.29 is 9.47 Å². The Labute approximate surface area is 196 Å². The van der Waals surface area contributed by atoms with Gasteiger partial charge in [0.1, 0.15) is 0 Å². The van der Waals surface area contributed by atoms with E-state index in [2.05, 4.69) is 40.4 Å². The van der Waals surface area contributed by atoms with Crippen LogP contribution in [0.25, 0.3) is 5.69 Å². The smallest absolute Gasteiger partial charge is 0.194 e. The minimum atomic E-state index is 0. The van der Waals surface area contributed by atoms with Crippen LogP contribution < -0.4 is 5.32 Å². The first kappa shape index (κ1) is 24.6. The standard InChI is InChI=1S/C22H33N5O2.HI/c1-3-23-22(26-14-10-20(11-15-26)29-17-7-16-28-2)24-18-19-8-4-5-9-21(19)27-13-6-12-25-27;/h4-6,8-9,12-13,20H,3,7,10-11,14-18H2,1-2H3,(H,23,24);1H. The van der Waals surface area contributed by atoms with Crippen molar-refractivity contribution in [1.82, 2.24) is 20.0 Å². The van der Waals surface area contributed by atoms with Crippen LogP contribution in [0.5, 0.6) is 0 Å². The number of aliphatic imine (C=N–C) groups is 1. The average molecular weight is 527 g/mol. The largest absolute Gasteiger partial charge is 0.385 e. The van der Waals surface area contributed by atoms with Crippen molar-refractivity contribution in [3.8, 4) is 5.69 Å². The molecule has 0 amide bonds. The van der Waals surface area contributed by atoms with Crippen LogP contribution in [0.3, 0.4) is 0 Å². The fourth-order valence-electron chi connectivity index (χ4n) is 3.55. The number of aromatic nitrogens is 2. The molecule has 8 heteroatoms. The minimum Gasteiger partial charge on any atom is -0.385 e. The highest BCUT2D eigenvalue weighted by Crippen LogP contribution is 2.17. The number of piperidine rings is 1. The summed E-state index contributed by atoms with van der Waals surface area (Å²) in [5, 5.41) is 7.81. The predicted molar refractivity (Wildman–Crippen MR) is 131 cm³/mol. The molecule has 1 N–H and O–H groups in total. The molecule has 1 aliphatic rings.